The van der Waals surface area contributed by atoms with E-state index in [0.29, 0.717) is 11.1 Å². The molecule has 4 rings (SSSR count). The van der Waals surface area contributed by atoms with Crippen molar-refractivity contribution in [2.75, 3.05) is 6.61 Å². The van der Waals surface area contributed by atoms with E-state index in [1.54, 1.807) is 0 Å². The normalized spacial score (nSPS) is 23.9. The van der Waals surface area contributed by atoms with Gasteiger partial charge in [0.1, 0.15) is 5.15 Å². The van der Waals surface area contributed by atoms with Crippen molar-refractivity contribution in [3.63, 3.8) is 0 Å². The van der Waals surface area contributed by atoms with Gasteiger partial charge in [-0.05, 0) is 44.2 Å². The van der Waals surface area contributed by atoms with Gasteiger partial charge in [0, 0.05) is 17.9 Å². The Kier molecular flexibility index (Phi) is 2.74. The Balaban J connectivity index is 1.85. The van der Waals surface area contributed by atoms with Gasteiger partial charge < -0.3 is 4.74 Å². The van der Waals surface area contributed by atoms with Crippen molar-refractivity contribution in [2.24, 2.45) is 0 Å². The largest absolute Gasteiger partial charge is 0.356 e. The second-order valence-electron chi connectivity index (χ2n) is 5.43. The lowest BCUT2D eigenvalue weighted by atomic mass is 10.2. The smallest absolute Gasteiger partial charge is 0.162 e. The molecule has 0 aromatic carbocycles. The summed E-state index contributed by atoms with van der Waals surface area (Å²) in [7, 11) is 0. The highest BCUT2D eigenvalue weighted by Crippen LogP contribution is 2.43. The molecular formula is C14H16ClN3O. The van der Waals surface area contributed by atoms with Gasteiger partial charge >= 0.3 is 0 Å². The molecule has 1 saturated heterocycles. The molecule has 2 fully saturated rings. The first-order valence-electron chi connectivity index (χ1n) is 6.99. The minimum Gasteiger partial charge on any atom is -0.356 e. The Bertz CT molecular complexity index is 614. The first-order chi connectivity index (χ1) is 9.33. The lowest BCUT2D eigenvalue weighted by molar-refractivity contribution is -0.0372. The van der Waals surface area contributed by atoms with Crippen LogP contribution in [-0.4, -0.2) is 21.4 Å². The van der Waals surface area contributed by atoms with Crippen molar-refractivity contribution in [3.05, 3.63) is 23.0 Å². The molecule has 5 heteroatoms. The summed E-state index contributed by atoms with van der Waals surface area (Å²) in [4.78, 5) is 4.47. The summed E-state index contributed by atoms with van der Waals surface area (Å²) < 4.78 is 7.80. The second kappa shape index (κ2) is 4.46. The van der Waals surface area contributed by atoms with Gasteiger partial charge in [-0.3, -0.25) is 0 Å². The van der Waals surface area contributed by atoms with Crippen LogP contribution in [0.1, 0.15) is 49.9 Å². The zero-order valence-corrected chi connectivity index (χ0v) is 11.4. The predicted molar refractivity (Wildman–Crippen MR) is 73.4 cm³/mol. The number of halogens is 1. The molecule has 0 bridgehead atoms. The van der Waals surface area contributed by atoms with Crippen LogP contribution >= 0.6 is 11.6 Å². The van der Waals surface area contributed by atoms with Crippen molar-refractivity contribution in [3.8, 4) is 0 Å². The number of fused-ring (bicyclic) bond motifs is 1. The van der Waals surface area contributed by atoms with Crippen molar-refractivity contribution in [2.45, 2.75) is 44.2 Å². The summed E-state index contributed by atoms with van der Waals surface area (Å²) in [5.74, 6) is 0.607. The molecule has 0 N–H and O–H groups in total. The maximum absolute atomic E-state index is 6.04. The Hall–Kier alpha value is -1.13. The highest BCUT2D eigenvalue weighted by atomic mass is 35.5. The van der Waals surface area contributed by atoms with Gasteiger partial charge in [0.2, 0.25) is 0 Å². The van der Waals surface area contributed by atoms with Crippen molar-refractivity contribution < 1.29 is 4.74 Å². The highest BCUT2D eigenvalue weighted by Gasteiger charge is 2.31. The van der Waals surface area contributed by atoms with E-state index < -0.39 is 0 Å². The first kappa shape index (κ1) is 11.7. The Morgan fingerprint density at radius 3 is 2.84 bits per heavy atom. The molecule has 2 aliphatic rings. The number of rotatable bonds is 2. The molecule has 0 radical (unpaired) electrons. The molecule has 19 heavy (non-hydrogen) atoms. The van der Waals surface area contributed by atoms with Crippen LogP contribution in [0.15, 0.2) is 12.1 Å². The molecule has 2 aromatic rings. The van der Waals surface area contributed by atoms with Crippen LogP contribution in [0.4, 0.5) is 0 Å². The molecular weight excluding hydrogens is 262 g/mol. The summed E-state index contributed by atoms with van der Waals surface area (Å²) in [6, 6.07) is 3.90. The van der Waals surface area contributed by atoms with Crippen LogP contribution in [-0.2, 0) is 4.74 Å². The summed E-state index contributed by atoms with van der Waals surface area (Å²) in [6.07, 6.45) is 5.83. The van der Waals surface area contributed by atoms with E-state index >= 15 is 0 Å². The third kappa shape index (κ3) is 2.03. The van der Waals surface area contributed by atoms with E-state index in [9.17, 15) is 0 Å². The van der Waals surface area contributed by atoms with Gasteiger partial charge in [-0.2, -0.15) is 5.10 Å². The number of ether oxygens (including phenoxy) is 1. The lowest BCUT2D eigenvalue weighted by Gasteiger charge is -2.23. The summed E-state index contributed by atoms with van der Waals surface area (Å²) in [6.45, 7) is 0.811. The van der Waals surface area contributed by atoms with Crippen molar-refractivity contribution >= 4 is 22.6 Å². The fraction of sp³-hybridized carbons (Fsp3) is 0.571. The van der Waals surface area contributed by atoms with Gasteiger partial charge in [-0.15, -0.1) is 0 Å². The predicted octanol–water partition coefficient (Wildman–Crippen LogP) is 3.66. The molecule has 1 unspecified atom stereocenters. The van der Waals surface area contributed by atoms with Crippen molar-refractivity contribution in [1.82, 2.24) is 14.8 Å². The summed E-state index contributed by atoms with van der Waals surface area (Å²) in [5.41, 5.74) is 2.05. The van der Waals surface area contributed by atoms with Crippen LogP contribution < -0.4 is 0 Å². The highest BCUT2D eigenvalue weighted by molar-refractivity contribution is 6.29. The topological polar surface area (TPSA) is 39.9 Å². The van der Waals surface area contributed by atoms with Crippen LogP contribution in [0.25, 0.3) is 11.0 Å². The zero-order valence-electron chi connectivity index (χ0n) is 10.7. The maximum Gasteiger partial charge on any atom is 0.162 e. The Morgan fingerprint density at radius 1 is 1.21 bits per heavy atom. The fourth-order valence-corrected chi connectivity index (χ4v) is 2.94. The number of nitrogens with zero attached hydrogens (tertiary/aromatic N) is 3. The lowest BCUT2D eigenvalue weighted by Crippen LogP contribution is -2.19. The molecule has 2 aromatic heterocycles. The SMILES string of the molecule is Clc1ccc2c(C3CC3)nn(C3CCCCO3)c2n1. The average Bonchev–Trinajstić information content (AvgIpc) is 3.21. The van der Waals surface area contributed by atoms with E-state index in [4.69, 9.17) is 21.4 Å². The van der Waals surface area contributed by atoms with Gasteiger partial charge in [-0.1, -0.05) is 11.6 Å². The van der Waals surface area contributed by atoms with Gasteiger partial charge in [-0.25, -0.2) is 9.67 Å². The maximum atomic E-state index is 6.04. The monoisotopic (exact) mass is 277 g/mol. The molecule has 0 amide bonds. The standard InChI is InChI=1S/C14H16ClN3O/c15-11-7-6-10-13(9-4-5-9)17-18(14(10)16-11)12-3-1-2-8-19-12/h6-7,9,12H,1-5,8H2. The van der Waals surface area contributed by atoms with Crippen LogP contribution in [0, 0.1) is 0 Å². The minimum absolute atomic E-state index is 0.0229. The van der Waals surface area contributed by atoms with Gasteiger partial charge in [0.25, 0.3) is 0 Å². The second-order valence-corrected chi connectivity index (χ2v) is 5.82. The number of aromatic nitrogens is 3. The quantitative estimate of drug-likeness (QED) is 0.787. The molecule has 1 saturated carbocycles. The minimum atomic E-state index is 0.0229. The zero-order chi connectivity index (χ0) is 12.8. The summed E-state index contributed by atoms with van der Waals surface area (Å²) in [5, 5.41) is 6.45. The molecule has 4 nitrogen and oxygen atoms in total. The van der Waals surface area contributed by atoms with Crippen LogP contribution in [0.5, 0.6) is 0 Å². The van der Waals surface area contributed by atoms with E-state index in [1.807, 2.05) is 16.8 Å². The van der Waals surface area contributed by atoms with E-state index in [2.05, 4.69) is 4.98 Å². The molecule has 1 aliphatic carbocycles. The van der Waals surface area contributed by atoms with Crippen LogP contribution in [0.2, 0.25) is 5.15 Å². The molecule has 0 spiro atoms. The van der Waals surface area contributed by atoms with Gasteiger partial charge in [0.05, 0.1) is 5.69 Å². The number of hydrogen-bond donors (Lipinski definition) is 0. The number of pyridine rings is 1. The third-order valence-corrected chi connectivity index (χ3v) is 4.15. The fourth-order valence-electron chi connectivity index (χ4n) is 2.79. The van der Waals surface area contributed by atoms with Crippen LogP contribution in [0.3, 0.4) is 0 Å². The molecule has 100 valence electrons. The van der Waals surface area contributed by atoms with E-state index in [1.165, 1.54) is 25.0 Å². The van der Waals surface area contributed by atoms with Gasteiger partial charge in [0.15, 0.2) is 11.9 Å². The molecule has 3 heterocycles. The Labute approximate surface area is 116 Å². The van der Waals surface area contributed by atoms with E-state index in [-0.39, 0.29) is 6.23 Å². The number of hydrogen-bond acceptors (Lipinski definition) is 3. The molecule has 1 aliphatic heterocycles. The molecule has 1 atom stereocenters. The van der Waals surface area contributed by atoms with E-state index in [0.717, 1.165) is 30.5 Å². The Morgan fingerprint density at radius 2 is 2.11 bits per heavy atom. The first-order valence-corrected chi connectivity index (χ1v) is 7.37. The van der Waals surface area contributed by atoms with Crippen molar-refractivity contribution in [1.29, 1.82) is 0 Å². The average molecular weight is 278 g/mol. The third-order valence-electron chi connectivity index (χ3n) is 3.94. The summed E-state index contributed by atoms with van der Waals surface area (Å²) >= 11 is 6.04.